The third kappa shape index (κ3) is 1.45. The summed E-state index contributed by atoms with van der Waals surface area (Å²) in [6.07, 6.45) is 3.56. The summed E-state index contributed by atoms with van der Waals surface area (Å²) in [5.41, 5.74) is 1.08. The molecule has 0 amide bonds. The minimum atomic E-state index is 1.01. The second-order valence-corrected chi connectivity index (χ2v) is 3.66. The van der Waals surface area contributed by atoms with Crippen molar-refractivity contribution in [1.29, 1.82) is 0 Å². The molecule has 5 nitrogen and oxygen atoms in total. The first-order valence-electron chi connectivity index (χ1n) is 5.19. The van der Waals surface area contributed by atoms with Crippen LogP contribution in [0.3, 0.4) is 0 Å². The Morgan fingerprint density at radius 1 is 1.27 bits per heavy atom. The molecule has 1 N–H and O–H groups in total. The minimum Gasteiger partial charge on any atom is -0.352 e. The molecule has 2 aromatic heterocycles. The van der Waals surface area contributed by atoms with Gasteiger partial charge in [-0.25, -0.2) is 9.50 Å². The van der Waals surface area contributed by atoms with Gasteiger partial charge in [-0.1, -0.05) is 0 Å². The largest absolute Gasteiger partial charge is 0.352 e. The van der Waals surface area contributed by atoms with Gasteiger partial charge in [-0.15, -0.1) is 0 Å². The molecule has 0 bridgehead atoms. The summed E-state index contributed by atoms with van der Waals surface area (Å²) in [6.45, 7) is 4.07. The fourth-order valence-electron chi connectivity index (χ4n) is 1.97. The highest BCUT2D eigenvalue weighted by atomic mass is 15.3. The van der Waals surface area contributed by atoms with Gasteiger partial charge in [0.2, 0.25) is 0 Å². The number of hydrogen-bond donors (Lipinski definition) is 1. The summed E-state index contributed by atoms with van der Waals surface area (Å²) in [7, 11) is 0. The SMILES string of the molecule is c1cc2c(N3CCNCC3)ncnn2c1. The highest BCUT2D eigenvalue weighted by Gasteiger charge is 2.14. The van der Waals surface area contributed by atoms with Crippen LogP contribution in [0.5, 0.6) is 0 Å². The Labute approximate surface area is 87.7 Å². The standard InChI is InChI=1S/C10H13N5/c1-2-9-10(12-8-13-15(9)5-1)14-6-3-11-4-7-14/h1-2,5,8,11H,3-4,6-7H2. The lowest BCUT2D eigenvalue weighted by Gasteiger charge is -2.28. The van der Waals surface area contributed by atoms with Gasteiger partial charge in [0.05, 0.1) is 0 Å². The van der Waals surface area contributed by atoms with Crippen LogP contribution in [0.4, 0.5) is 5.82 Å². The van der Waals surface area contributed by atoms with Gasteiger partial charge in [0.25, 0.3) is 0 Å². The van der Waals surface area contributed by atoms with Gasteiger partial charge in [-0.2, -0.15) is 5.10 Å². The monoisotopic (exact) mass is 203 g/mol. The Kier molecular flexibility index (Phi) is 2.03. The molecule has 0 saturated carbocycles. The van der Waals surface area contributed by atoms with E-state index in [0.717, 1.165) is 37.5 Å². The molecule has 0 atom stereocenters. The van der Waals surface area contributed by atoms with E-state index in [0.29, 0.717) is 0 Å². The minimum absolute atomic E-state index is 1.01. The number of aromatic nitrogens is 3. The van der Waals surface area contributed by atoms with E-state index < -0.39 is 0 Å². The molecule has 0 aromatic carbocycles. The van der Waals surface area contributed by atoms with Gasteiger partial charge >= 0.3 is 0 Å². The molecule has 0 spiro atoms. The first-order valence-corrected chi connectivity index (χ1v) is 5.19. The summed E-state index contributed by atoms with van der Waals surface area (Å²) in [5, 5.41) is 7.49. The van der Waals surface area contributed by atoms with Gasteiger partial charge < -0.3 is 10.2 Å². The van der Waals surface area contributed by atoms with E-state index in [-0.39, 0.29) is 0 Å². The van der Waals surface area contributed by atoms with Crippen molar-refractivity contribution in [1.82, 2.24) is 19.9 Å². The van der Waals surface area contributed by atoms with Crippen molar-refractivity contribution in [3.63, 3.8) is 0 Å². The molecule has 2 aromatic rings. The zero-order valence-corrected chi connectivity index (χ0v) is 8.43. The number of nitrogens with one attached hydrogen (secondary N) is 1. The molecular weight excluding hydrogens is 190 g/mol. The summed E-state index contributed by atoms with van der Waals surface area (Å²) in [6, 6.07) is 4.05. The quantitative estimate of drug-likeness (QED) is 0.716. The predicted octanol–water partition coefficient (Wildman–Crippen LogP) is 0.139. The zero-order chi connectivity index (χ0) is 10.1. The van der Waals surface area contributed by atoms with E-state index in [2.05, 4.69) is 26.4 Å². The van der Waals surface area contributed by atoms with Crippen LogP contribution < -0.4 is 10.2 Å². The molecule has 3 rings (SSSR count). The summed E-state index contributed by atoms with van der Waals surface area (Å²) >= 11 is 0. The molecule has 3 heterocycles. The Bertz CT molecular complexity index is 458. The van der Waals surface area contributed by atoms with Crippen LogP contribution in [0, 0.1) is 0 Å². The normalized spacial score (nSPS) is 17.2. The molecule has 1 aliphatic rings. The third-order valence-corrected chi connectivity index (χ3v) is 2.73. The molecule has 1 fully saturated rings. The number of fused-ring (bicyclic) bond motifs is 1. The molecule has 0 unspecified atom stereocenters. The average molecular weight is 203 g/mol. The fraction of sp³-hybridized carbons (Fsp3) is 0.400. The second kappa shape index (κ2) is 3.51. The van der Waals surface area contributed by atoms with Crippen molar-refractivity contribution in [2.75, 3.05) is 31.1 Å². The van der Waals surface area contributed by atoms with Crippen molar-refractivity contribution in [2.24, 2.45) is 0 Å². The van der Waals surface area contributed by atoms with Crippen LogP contribution in [-0.4, -0.2) is 40.8 Å². The van der Waals surface area contributed by atoms with E-state index >= 15 is 0 Å². The number of hydrogen-bond acceptors (Lipinski definition) is 4. The number of anilines is 1. The maximum Gasteiger partial charge on any atom is 0.156 e. The molecule has 15 heavy (non-hydrogen) atoms. The van der Waals surface area contributed by atoms with Gasteiger partial charge in [0.1, 0.15) is 11.8 Å². The number of piperazine rings is 1. The molecule has 78 valence electrons. The van der Waals surface area contributed by atoms with Gasteiger partial charge in [-0.05, 0) is 12.1 Å². The molecule has 5 heteroatoms. The summed E-state index contributed by atoms with van der Waals surface area (Å²) < 4.78 is 1.87. The number of rotatable bonds is 1. The number of nitrogens with zero attached hydrogens (tertiary/aromatic N) is 4. The van der Waals surface area contributed by atoms with Crippen molar-refractivity contribution in [3.8, 4) is 0 Å². The highest BCUT2D eigenvalue weighted by molar-refractivity contribution is 5.68. The fourth-order valence-corrected chi connectivity index (χ4v) is 1.97. The van der Waals surface area contributed by atoms with E-state index in [4.69, 9.17) is 0 Å². The van der Waals surface area contributed by atoms with Crippen LogP contribution >= 0.6 is 0 Å². The Balaban J connectivity index is 2.05. The summed E-state index contributed by atoms with van der Waals surface area (Å²) in [4.78, 5) is 6.67. The van der Waals surface area contributed by atoms with Crippen molar-refractivity contribution in [2.45, 2.75) is 0 Å². The predicted molar refractivity (Wildman–Crippen MR) is 58.1 cm³/mol. The zero-order valence-electron chi connectivity index (χ0n) is 8.43. The Morgan fingerprint density at radius 2 is 2.13 bits per heavy atom. The smallest absolute Gasteiger partial charge is 0.156 e. The maximum absolute atomic E-state index is 4.37. The van der Waals surface area contributed by atoms with Crippen LogP contribution in [0.25, 0.3) is 5.52 Å². The molecule has 1 saturated heterocycles. The van der Waals surface area contributed by atoms with Gasteiger partial charge in [0.15, 0.2) is 5.82 Å². The molecule has 0 aliphatic carbocycles. The van der Waals surface area contributed by atoms with Crippen molar-refractivity contribution in [3.05, 3.63) is 24.7 Å². The van der Waals surface area contributed by atoms with Gasteiger partial charge in [0, 0.05) is 32.4 Å². The first kappa shape index (κ1) is 8.67. The van der Waals surface area contributed by atoms with Crippen molar-refractivity contribution >= 4 is 11.3 Å². The molecular formula is C10H13N5. The first-order chi connectivity index (χ1) is 7.45. The van der Waals surface area contributed by atoms with Crippen LogP contribution in [0.2, 0.25) is 0 Å². The molecule has 0 radical (unpaired) electrons. The summed E-state index contributed by atoms with van der Waals surface area (Å²) in [5.74, 6) is 1.04. The third-order valence-electron chi connectivity index (χ3n) is 2.73. The lowest BCUT2D eigenvalue weighted by molar-refractivity contribution is 0.584. The Hall–Kier alpha value is -1.62. The van der Waals surface area contributed by atoms with Crippen LogP contribution in [0.1, 0.15) is 0 Å². The maximum atomic E-state index is 4.37. The van der Waals surface area contributed by atoms with Crippen molar-refractivity contribution < 1.29 is 0 Å². The van der Waals surface area contributed by atoms with Crippen LogP contribution in [0.15, 0.2) is 24.7 Å². The highest BCUT2D eigenvalue weighted by Crippen LogP contribution is 2.17. The lowest BCUT2D eigenvalue weighted by Crippen LogP contribution is -2.44. The molecule has 1 aliphatic heterocycles. The topological polar surface area (TPSA) is 45.5 Å². The van der Waals surface area contributed by atoms with E-state index in [1.54, 1.807) is 6.33 Å². The second-order valence-electron chi connectivity index (χ2n) is 3.66. The van der Waals surface area contributed by atoms with Gasteiger partial charge in [-0.3, -0.25) is 0 Å². The van der Waals surface area contributed by atoms with E-state index in [1.807, 2.05) is 16.8 Å². The van der Waals surface area contributed by atoms with E-state index in [9.17, 15) is 0 Å². The lowest BCUT2D eigenvalue weighted by atomic mass is 10.3. The van der Waals surface area contributed by atoms with Crippen LogP contribution in [-0.2, 0) is 0 Å². The van der Waals surface area contributed by atoms with E-state index in [1.165, 1.54) is 0 Å². The average Bonchev–Trinajstić information content (AvgIpc) is 2.78. The Morgan fingerprint density at radius 3 is 3.00 bits per heavy atom.